The van der Waals surface area contributed by atoms with Crippen molar-refractivity contribution in [2.24, 2.45) is 5.92 Å². The Morgan fingerprint density at radius 3 is 2.22 bits per heavy atom. The molecule has 1 aliphatic rings. The van der Waals surface area contributed by atoms with Gasteiger partial charge in [-0.1, -0.05) is 60.7 Å². The molecule has 0 aromatic heterocycles. The monoisotopic (exact) mass is 309 g/mol. The van der Waals surface area contributed by atoms with Crippen LogP contribution >= 0.6 is 0 Å². The topological polar surface area (TPSA) is 57.6 Å². The van der Waals surface area contributed by atoms with E-state index in [9.17, 15) is 14.7 Å². The summed E-state index contributed by atoms with van der Waals surface area (Å²) in [4.78, 5) is 25.2. The molecule has 4 heteroatoms. The van der Waals surface area contributed by atoms with E-state index in [0.717, 1.165) is 17.4 Å². The van der Waals surface area contributed by atoms with Crippen molar-refractivity contribution >= 4 is 12.3 Å². The number of hydrogen-bond acceptors (Lipinski definition) is 3. The number of nitrogens with zero attached hydrogens (tertiary/aromatic N) is 1. The molecule has 1 N–H and O–H groups in total. The Labute approximate surface area is 135 Å². The molecule has 3 atom stereocenters. The predicted molar refractivity (Wildman–Crippen MR) is 87.1 cm³/mol. The standard InChI is InChI=1S/C19H19NO3/c21-13-16-11-20(12-17(16)14-7-3-1-4-8-14)18(19(22)23)15-9-5-2-6-10-15/h1-10,13,16-18H,11-12H2,(H,22,23)/t16-,17+,18+/m0/s1. The van der Waals surface area contributed by atoms with E-state index in [-0.39, 0.29) is 11.8 Å². The van der Waals surface area contributed by atoms with Crippen LogP contribution in [0.1, 0.15) is 23.1 Å². The molecule has 0 unspecified atom stereocenters. The van der Waals surface area contributed by atoms with Crippen molar-refractivity contribution in [3.05, 3.63) is 71.8 Å². The van der Waals surface area contributed by atoms with Gasteiger partial charge < -0.3 is 9.90 Å². The number of likely N-dealkylation sites (tertiary alicyclic amines) is 1. The lowest BCUT2D eigenvalue weighted by Crippen LogP contribution is -2.32. The maximum Gasteiger partial charge on any atom is 0.325 e. The predicted octanol–water partition coefficient (Wildman–Crippen LogP) is 2.73. The van der Waals surface area contributed by atoms with Gasteiger partial charge in [0.25, 0.3) is 0 Å². The van der Waals surface area contributed by atoms with Crippen LogP contribution in [0.2, 0.25) is 0 Å². The van der Waals surface area contributed by atoms with Gasteiger partial charge in [0.2, 0.25) is 0 Å². The van der Waals surface area contributed by atoms with Crippen molar-refractivity contribution in [2.45, 2.75) is 12.0 Å². The van der Waals surface area contributed by atoms with Gasteiger partial charge in [0.1, 0.15) is 12.3 Å². The first-order valence-electron chi connectivity index (χ1n) is 7.72. The van der Waals surface area contributed by atoms with Crippen molar-refractivity contribution in [1.82, 2.24) is 4.90 Å². The zero-order valence-electron chi connectivity index (χ0n) is 12.7. The Bertz CT molecular complexity index is 672. The van der Waals surface area contributed by atoms with Gasteiger partial charge in [-0.15, -0.1) is 0 Å². The van der Waals surface area contributed by atoms with Gasteiger partial charge >= 0.3 is 5.97 Å². The number of carboxylic acid groups (broad SMARTS) is 1. The second kappa shape index (κ2) is 6.75. The van der Waals surface area contributed by atoms with E-state index in [2.05, 4.69) is 0 Å². The largest absolute Gasteiger partial charge is 0.480 e. The van der Waals surface area contributed by atoms with E-state index in [0.29, 0.717) is 13.1 Å². The molecular weight excluding hydrogens is 290 g/mol. The molecule has 3 rings (SSSR count). The third-order valence-corrected chi connectivity index (χ3v) is 4.51. The maximum atomic E-state index is 11.8. The van der Waals surface area contributed by atoms with Gasteiger partial charge in [-0.05, 0) is 11.1 Å². The van der Waals surface area contributed by atoms with Crippen LogP contribution in [0.25, 0.3) is 0 Å². The molecule has 0 bridgehead atoms. The minimum absolute atomic E-state index is 0.0410. The van der Waals surface area contributed by atoms with E-state index in [4.69, 9.17) is 0 Å². The van der Waals surface area contributed by atoms with Crippen LogP contribution in [0.4, 0.5) is 0 Å². The summed E-state index contributed by atoms with van der Waals surface area (Å²) in [6.45, 7) is 1.04. The fraction of sp³-hybridized carbons (Fsp3) is 0.263. The van der Waals surface area contributed by atoms with Crippen LogP contribution in [0.5, 0.6) is 0 Å². The molecule has 118 valence electrons. The van der Waals surface area contributed by atoms with E-state index < -0.39 is 12.0 Å². The summed E-state index contributed by atoms with van der Waals surface area (Å²) in [6, 6.07) is 18.3. The van der Waals surface area contributed by atoms with Crippen LogP contribution in [-0.4, -0.2) is 35.4 Å². The minimum atomic E-state index is -0.880. The highest BCUT2D eigenvalue weighted by Gasteiger charge is 2.39. The van der Waals surface area contributed by atoms with E-state index in [1.807, 2.05) is 65.6 Å². The van der Waals surface area contributed by atoms with Gasteiger partial charge in [0.15, 0.2) is 0 Å². The highest BCUT2D eigenvalue weighted by molar-refractivity contribution is 5.76. The summed E-state index contributed by atoms with van der Waals surface area (Å²) in [6.07, 6.45) is 0.960. The van der Waals surface area contributed by atoms with Crippen molar-refractivity contribution in [3.63, 3.8) is 0 Å². The quantitative estimate of drug-likeness (QED) is 0.863. The number of rotatable bonds is 5. The summed E-state index contributed by atoms with van der Waals surface area (Å²) >= 11 is 0. The summed E-state index contributed by atoms with van der Waals surface area (Å²) in [5, 5.41) is 9.67. The SMILES string of the molecule is O=C[C@@H]1CN([C@@H](C(=O)O)c2ccccc2)C[C@@H]1c1ccccc1. The first-order valence-corrected chi connectivity index (χ1v) is 7.72. The molecule has 2 aromatic rings. The van der Waals surface area contributed by atoms with E-state index >= 15 is 0 Å². The van der Waals surface area contributed by atoms with E-state index in [1.54, 1.807) is 0 Å². The second-order valence-corrected chi connectivity index (χ2v) is 5.92. The Kier molecular flexibility index (Phi) is 4.53. The highest BCUT2D eigenvalue weighted by Crippen LogP contribution is 2.36. The van der Waals surface area contributed by atoms with Crippen LogP contribution < -0.4 is 0 Å². The van der Waals surface area contributed by atoms with Crippen LogP contribution in [0.3, 0.4) is 0 Å². The summed E-state index contributed by atoms with van der Waals surface area (Å²) in [7, 11) is 0. The minimum Gasteiger partial charge on any atom is -0.480 e. The fourth-order valence-corrected chi connectivity index (χ4v) is 3.41. The first-order chi connectivity index (χ1) is 11.2. The lowest BCUT2D eigenvalue weighted by molar-refractivity contribution is -0.143. The molecule has 2 aromatic carbocycles. The van der Waals surface area contributed by atoms with Crippen molar-refractivity contribution < 1.29 is 14.7 Å². The number of benzene rings is 2. The molecule has 1 saturated heterocycles. The highest BCUT2D eigenvalue weighted by atomic mass is 16.4. The number of aliphatic carboxylic acids is 1. The van der Waals surface area contributed by atoms with Crippen molar-refractivity contribution in [1.29, 1.82) is 0 Å². The molecule has 0 aliphatic carbocycles. The lowest BCUT2D eigenvalue weighted by atomic mass is 9.90. The van der Waals surface area contributed by atoms with Gasteiger partial charge in [0, 0.05) is 24.9 Å². The molecule has 0 spiro atoms. The normalized spacial score (nSPS) is 22.6. The Morgan fingerprint density at radius 1 is 1.04 bits per heavy atom. The Hall–Kier alpha value is -2.46. The Balaban J connectivity index is 1.88. The van der Waals surface area contributed by atoms with Crippen LogP contribution in [-0.2, 0) is 9.59 Å². The lowest BCUT2D eigenvalue weighted by Gasteiger charge is -2.24. The average molecular weight is 309 g/mol. The van der Waals surface area contributed by atoms with Crippen molar-refractivity contribution in [3.8, 4) is 0 Å². The number of hydrogen-bond donors (Lipinski definition) is 1. The summed E-state index contributed by atoms with van der Waals surface area (Å²) in [5.41, 5.74) is 1.84. The van der Waals surface area contributed by atoms with Crippen LogP contribution in [0.15, 0.2) is 60.7 Å². The zero-order valence-corrected chi connectivity index (χ0v) is 12.7. The third kappa shape index (κ3) is 3.17. The van der Waals surface area contributed by atoms with Gasteiger partial charge in [-0.2, -0.15) is 0 Å². The molecule has 4 nitrogen and oxygen atoms in total. The number of aldehydes is 1. The van der Waals surface area contributed by atoms with Gasteiger partial charge in [0.05, 0.1) is 0 Å². The molecule has 0 saturated carbocycles. The number of carbonyl (C=O) groups excluding carboxylic acids is 1. The fourth-order valence-electron chi connectivity index (χ4n) is 3.41. The molecule has 1 fully saturated rings. The van der Waals surface area contributed by atoms with E-state index in [1.165, 1.54) is 0 Å². The second-order valence-electron chi connectivity index (χ2n) is 5.92. The molecule has 1 heterocycles. The molecule has 1 aliphatic heterocycles. The number of carbonyl (C=O) groups is 2. The summed E-state index contributed by atoms with van der Waals surface area (Å²) < 4.78 is 0. The van der Waals surface area contributed by atoms with Crippen molar-refractivity contribution in [2.75, 3.05) is 13.1 Å². The average Bonchev–Trinajstić information content (AvgIpc) is 3.00. The Morgan fingerprint density at radius 2 is 1.65 bits per heavy atom. The third-order valence-electron chi connectivity index (χ3n) is 4.51. The smallest absolute Gasteiger partial charge is 0.325 e. The zero-order chi connectivity index (χ0) is 16.2. The maximum absolute atomic E-state index is 11.8. The van der Waals surface area contributed by atoms with Gasteiger partial charge in [-0.25, -0.2) is 0 Å². The first kappa shape index (κ1) is 15.4. The van der Waals surface area contributed by atoms with Crippen LogP contribution in [0, 0.1) is 5.92 Å². The molecular formula is C19H19NO3. The summed E-state index contributed by atoms with van der Waals surface area (Å²) in [5.74, 6) is -1.02. The molecule has 0 amide bonds. The number of carboxylic acids is 1. The van der Waals surface area contributed by atoms with Gasteiger partial charge in [-0.3, -0.25) is 9.69 Å². The molecule has 0 radical (unpaired) electrons. The molecule has 23 heavy (non-hydrogen) atoms.